The Morgan fingerprint density at radius 2 is 2.00 bits per heavy atom. The van der Waals surface area contributed by atoms with Gasteiger partial charge in [-0.05, 0) is 31.0 Å². The van der Waals surface area contributed by atoms with Crippen molar-refractivity contribution in [3.63, 3.8) is 0 Å². The maximum Gasteiger partial charge on any atom is 0.237 e. The third kappa shape index (κ3) is 2.75. The smallest absolute Gasteiger partial charge is 0.237 e. The van der Waals surface area contributed by atoms with E-state index in [0.717, 1.165) is 28.5 Å². The second kappa shape index (κ2) is 6.35. The van der Waals surface area contributed by atoms with Gasteiger partial charge in [0, 0.05) is 22.6 Å². The fraction of sp³-hybridized carbons (Fsp3) is 0.200. The summed E-state index contributed by atoms with van der Waals surface area (Å²) < 4.78 is 0. The Morgan fingerprint density at radius 3 is 2.93 bits per heavy atom. The highest BCUT2D eigenvalue weighted by Gasteiger charge is 2.30. The molecule has 7 heteroatoms. The molecule has 2 aromatic carbocycles. The lowest BCUT2D eigenvalue weighted by atomic mass is 10.1. The van der Waals surface area contributed by atoms with Crippen LogP contribution < -0.4 is 4.90 Å². The maximum absolute atomic E-state index is 12.8. The number of hydrogen-bond acceptors (Lipinski definition) is 5. The van der Waals surface area contributed by atoms with Gasteiger partial charge in [0.2, 0.25) is 11.1 Å². The van der Waals surface area contributed by atoms with Gasteiger partial charge in [-0.25, -0.2) is 4.98 Å². The molecule has 0 aliphatic carbocycles. The molecule has 0 spiro atoms. The molecule has 134 valence electrons. The first-order chi connectivity index (χ1) is 13.2. The molecule has 0 bridgehead atoms. The van der Waals surface area contributed by atoms with Crippen LogP contribution in [-0.2, 0) is 11.2 Å². The number of hydrogen-bond donors (Lipinski definition) is 1. The van der Waals surface area contributed by atoms with E-state index in [2.05, 4.69) is 33.2 Å². The molecule has 1 N–H and O–H groups in total. The van der Waals surface area contributed by atoms with Gasteiger partial charge >= 0.3 is 0 Å². The summed E-state index contributed by atoms with van der Waals surface area (Å²) in [6, 6.07) is 16.2. The number of rotatable bonds is 3. The molecule has 1 aliphatic heterocycles. The lowest BCUT2D eigenvalue weighted by molar-refractivity contribution is -0.116. The van der Waals surface area contributed by atoms with Crippen LogP contribution in [0.3, 0.4) is 0 Å². The van der Waals surface area contributed by atoms with Gasteiger partial charge in [0.15, 0.2) is 5.65 Å². The van der Waals surface area contributed by atoms with E-state index in [0.29, 0.717) is 10.8 Å². The first-order valence-electron chi connectivity index (χ1n) is 8.84. The number of carbonyl (C=O) groups excluding carboxylic acids is 1. The summed E-state index contributed by atoms with van der Waals surface area (Å²) in [5.41, 5.74) is 4.67. The quantitative estimate of drug-likeness (QED) is 0.554. The number of para-hydroxylation sites is 2. The molecule has 1 aliphatic rings. The van der Waals surface area contributed by atoms with Crippen LogP contribution >= 0.6 is 11.8 Å². The van der Waals surface area contributed by atoms with E-state index in [-0.39, 0.29) is 17.7 Å². The van der Waals surface area contributed by atoms with E-state index in [9.17, 15) is 4.79 Å². The molecule has 0 unspecified atom stereocenters. The zero-order valence-electron chi connectivity index (χ0n) is 14.7. The van der Waals surface area contributed by atoms with Crippen LogP contribution in [0, 0.1) is 0 Å². The Labute approximate surface area is 160 Å². The lowest BCUT2D eigenvalue weighted by Crippen LogP contribution is -2.37. The number of nitrogens with zero attached hydrogens (tertiary/aromatic N) is 4. The minimum Gasteiger partial charge on any atom is -0.338 e. The third-order valence-electron chi connectivity index (χ3n) is 4.90. The normalized spacial score (nSPS) is 16.2. The second-order valence-corrected chi connectivity index (χ2v) is 7.64. The molecular weight excluding hydrogens is 358 g/mol. The lowest BCUT2D eigenvalue weighted by Gasteiger charge is -2.22. The van der Waals surface area contributed by atoms with Gasteiger partial charge in [-0.15, -0.1) is 10.2 Å². The minimum absolute atomic E-state index is 0.0674. The number of H-pyrrole nitrogens is 1. The summed E-state index contributed by atoms with van der Waals surface area (Å²) >= 11 is 1.32. The molecule has 1 amide bonds. The summed E-state index contributed by atoms with van der Waals surface area (Å²) in [5, 5.41) is 10.0. The molecule has 0 saturated heterocycles. The number of amides is 1. The van der Waals surface area contributed by atoms with E-state index < -0.39 is 0 Å². The van der Waals surface area contributed by atoms with Crippen molar-refractivity contribution in [2.75, 3.05) is 10.7 Å². The topological polar surface area (TPSA) is 74.8 Å². The van der Waals surface area contributed by atoms with E-state index >= 15 is 0 Å². The zero-order valence-corrected chi connectivity index (χ0v) is 15.5. The van der Waals surface area contributed by atoms with Crippen LogP contribution in [0.15, 0.2) is 53.7 Å². The van der Waals surface area contributed by atoms with Gasteiger partial charge in [0.25, 0.3) is 0 Å². The van der Waals surface area contributed by atoms with Crippen LogP contribution in [-0.4, -0.2) is 37.9 Å². The van der Waals surface area contributed by atoms with Crippen LogP contribution in [0.2, 0.25) is 0 Å². The van der Waals surface area contributed by atoms with Crippen LogP contribution in [0.5, 0.6) is 0 Å². The summed E-state index contributed by atoms with van der Waals surface area (Å²) in [6.07, 6.45) is 0.895. The van der Waals surface area contributed by atoms with E-state index in [1.54, 1.807) is 0 Å². The van der Waals surface area contributed by atoms with Gasteiger partial charge in [-0.3, -0.25) is 4.79 Å². The monoisotopic (exact) mass is 375 g/mol. The Balaban J connectivity index is 1.37. The molecule has 2 aromatic heterocycles. The second-order valence-electron chi connectivity index (χ2n) is 6.70. The molecule has 4 aromatic rings. The van der Waals surface area contributed by atoms with Gasteiger partial charge in [0.05, 0.1) is 5.75 Å². The number of aromatic amines is 1. The van der Waals surface area contributed by atoms with E-state index in [1.807, 2.05) is 47.4 Å². The van der Waals surface area contributed by atoms with Gasteiger partial charge < -0.3 is 9.88 Å². The standard InChI is InChI=1S/C20H17N5OS/c1-12-10-13-6-2-5-9-16(13)25(12)17(26)11-27-20-22-19-18(23-24-20)14-7-3-4-8-15(14)21-19/h2-9,12H,10-11H2,1H3,(H,21,22,24)/t12-/m0/s1. The number of aromatic nitrogens is 4. The van der Waals surface area contributed by atoms with Crippen molar-refractivity contribution >= 4 is 45.4 Å². The van der Waals surface area contributed by atoms with Crippen LogP contribution in [0.1, 0.15) is 12.5 Å². The van der Waals surface area contributed by atoms with Crippen LogP contribution in [0.25, 0.3) is 22.1 Å². The summed E-state index contributed by atoms with van der Waals surface area (Å²) in [6.45, 7) is 2.08. The summed E-state index contributed by atoms with van der Waals surface area (Å²) in [7, 11) is 0. The molecule has 3 heterocycles. The molecule has 5 rings (SSSR count). The average Bonchev–Trinajstić information content (AvgIpc) is 3.22. The van der Waals surface area contributed by atoms with Crippen molar-refractivity contribution in [3.8, 4) is 0 Å². The molecular formula is C20H17N5OS. The number of thioether (sulfide) groups is 1. The Hall–Kier alpha value is -2.93. The van der Waals surface area contributed by atoms with Crippen LogP contribution in [0.4, 0.5) is 5.69 Å². The van der Waals surface area contributed by atoms with Crippen molar-refractivity contribution < 1.29 is 4.79 Å². The Kier molecular flexibility index (Phi) is 3.82. The molecule has 0 saturated carbocycles. The van der Waals surface area contributed by atoms with Gasteiger partial charge in [-0.2, -0.15) is 0 Å². The number of anilines is 1. The van der Waals surface area contributed by atoms with Crippen molar-refractivity contribution in [2.45, 2.75) is 24.5 Å². The molecule has 0 radical (unpaired) electrons. The van der Waals surface area contributed by atoms with Crippen molar-refractivity contribution in [3.05, 3.63) is 54.1 Å². The minimum atomic E-state index is 0.0674. The first-order valence-corrected chi connectivity index (χ1v) is 9.83. The molecule has 1 atom stereocenters. The largest absolute Gasteiger partial charge is 0.338 e. The fourth-order valence-corrected chi connectivity index (χ4v) is 4.35. The number of carbonyl (C=O) groups is 1. The molecule has 6 nitrogen and oxygen atoms in total. The highest BCUT2D eigenvalue weighted by atomic mass is 32.2. The van der Waals surface area contributed by atoms with Crippen molar-refractivity contribution in [1.29, 1.82) is 0 Å². The average molecular weight is 375 g/mol. The van der Waals surface area contributed by atoms with Gasteiger partial charge in [0.1, 0.15) is 5.52 Å². The Bertz CT molecular complexity index is 1170. The van der Waals surface area contributed by atoms with E-state index in [4.69, 9.17) is 0 Å². The maximum atomic E-state index is 12.8. The summed E-state index contributed by atoms with van der Waals surface area (Å²) in [4.78, 5) is 22.5. The predicted octanol–water partition coefficient (Wildman–Crippen LogP) is 3.58. The first kappa shape index (κ1) is 16.3. The number of benzene rings is 2. The third-order valence-corrected chi connectivity index (χ3v) is 5.73. The van der Waals surface area contributed by atoms with Gasteiger partial charge in [-0.1, -0.05) is 48.2 Å². The van der Waals surface area contributed by atoms with E-state index in [1.165, 1.54) is 17.3 Å². The zero-order chi connectivity index (χ0) is 18.4. The highest BCUT2D eigenvalue weighted by Crippen LogP contribution is 2.32. The SMILES string of the molecule is C[C@H]1Cc2ccccc2N1C(=O)CSc1nnc2c(n1)[nH]c1ccccc12. The fourth-order valence-electron chi connectivity index (χ4n) is 3.71. The van der Waals surface area contributed by atoms with Crippen molar-refractivity contribution in [2.24, 2.45) is 0 Å². The number of fused-ring (bicyclic) bond motifs is 4. The molecule has 27 heavy (non-hydrogen) atoms. The molecule has 0 fully saturated rings. The highest BCUT2D eigenvalue weighted by molar-refractivity contribution is 7.99. The van der Waals surface area contributed by atoms with Crippen molar-refractivity contribution in [1.82, 2.24) is 20.2 Å². The number of nitrogens with one attached hydrogen (secondary N) is 1. The predicted molar refractivity (Wildman–Crippen MR) is 107 cm³/mol. The Morgan fingerprint density at radius 1 is 1.19 bits per heavy atom. The summed E-state index contributed by atoms with van der Waals surface area (Å²) in [5.74, 6) is 0.351.